The van der Waals surface area contributed by atoms with Crippen molar-refractivity contribution in [2.45, 2.75) is 19.3 Å². The molecule has 22 heavy (non-hydrogen) atoms. The number of hydrazine groups is 1. The maximum atomic E-state index is 11.8. The third-order valence-electron chi connectivity index (χ3n) is 2.93. The highest BCUT2D eigenvalue weighted by Gasteiger charge is 2.12. The van der Waals surface area contributed by atoms with Crippen molar-refractivity contribution in [3.63, 3.8) is 0 Å². The van der Waals surface area contributed by atoms with E-state index in [9.17, 15) is 14.7 Å². The number of nitrogens with one attached hydrogen (secondary N) is 2. The summed E-state index contributed by atoms with van der Waals surface area (Å²) in [5.41, 5.74) is 4.58. The molecule has 0 bridgehead atoms. The van der Waals surface area contributed by atoms with Gasteiger partial charge in [0.1, 0.15) is 5.75 Å². The first-order valence-electron chi connectivity index (χ1n) is 6.66. The fourth-order valence-electron chi connectivity index (χ4n) is 1.82. The highest BCUT2D eigenvalue weighted by Crippen LogP contribution is 2.21. The molecule has 0 fully saturated rings. The van der Waals surface area contributed by atoms with Crippen molar-refractivity contribution >= 4 is 34.8 Å². The third-order valence-corrected chi connectivity index (χ3v) is 4.10. The number of carbonyl (C=O) groups is 2. The standard InChI is InChI=1S/C15H15ClN2O3S/c16-10-6-7-13(19)12(9-10)15(21)18-17-14(20)5-1-3-11-4-2-8-22-11/h2,4,6-9,19H,1,3,5H2,(H,17,20)(H,18,21). The average molecular weight is 339 g/mol. The van der Waals surface area contributed by atoms with Crippen LogP contribution in [0.5, 0.6) is 5.75 Å². The Bertz CT molecular complexity index is 659. The Labute approximate surface area is 136 Å². The summed E-state index contributed by atoms with van der Waals surface area (Å²) in [6.45, 7) is 0. The molecule has 0 aliphatic rings. The van der Waals surface area contributed by atoms with Gasteiger partial charge in [-0.05, 0) is 42.5 Å². The Kier molecular flexibility index (Phi) is 5.80. The van der Waals surface area contributed by atoms with E-state index in [1.807, 2.05) is 17.5 Å². The third kappa shape index (κ3) is 4.75. The van der Waals surface area contributed by atoms with Gasteiger partial charge >= 0.3 is 0 Å². The normalized spacial score (nSPS) is 10.2. The lowest BCUT2D eigenvalue weighted by atomic mass is 10.2. The number of halogens is 1. The van der Waals surface area contributed by atoms with Crippen molar-refractivity contribution in [1.29, 1.82) is 0 Å². The maximum absolute atomic E-state index is 11.8. The fourth-order valence-corrected chi connectivity index (χ4v) is 2.75. The van der Waals surface area contributed by atoms with Gasteiger partial charge in [-0.15, -0.1) is 11.3 Å². The smallest absolute Gasteiger partial charge is 0.273 e. The summed E-state index contributed by atoms with van der Waals surface area (Å²) < 4.78 is 0. The van der Waals surface area contributed by atoms with Crippen LogP contribution < -0.4 is 10.9 Å². The molecule has 7 heteroatoms. The number of benzene rings is 1. The molecule has 1 aromatic heterocycles. The number of thiophene rings is 1. The van der Waals surface area contributed by atoms with E-state index < -0.39 is 5.91 Å². The molecule has 0 unspecified atom stereocenters. The molecule has 2 aromatic rings. The second-order valence-corrected chi connectivity index (χ2v) is 6.07. The van der Waals surface area contributed by atoms with Crippen molar-refractivity contribution in [2.24, 2.45) is 0 Å². The van der Waals surface area contributed by atoms with E-state index in [-0.39, 0.29) is 17.2 Å². The van der Waals surface area contributed by atoms with Gasteiger partial charge in [0.25, 0.3) is 5.91 Å². The van der Waals surface area contributed by atoms with E-state index in [1.165, 1.54) is 23.1 Å². The van der Waals surface area contributed by atoms with E-state index >= 15 is 0 Å². The molecule has 0 saturated heterocycles. The summed E-state index contributed by atoms with van der Waals surface area (Å²) in [6, 6.07) is 8.11. The Morgan fingerprint density at radius 3 is 2.77 bits per heavy atom. The topological polar surface area (TPSA) is 78.4 Å². The largest absolute Gasteiger partial charge is 0.507 e. The molecule has 0 atom stereocenters. The van der Waals surface area contributed by atoms with Crippen LogP contribution in [0.25, 0.3) is 0 Å². The van der Waals surface area contributed by atoms with Crippen LogP contribution in [0, 0.1) is 0 Å². The lowest BCUT2D eigenvalue weighted by Crippen LogP contribution is -2.41. The Hall–Kier alpha value is -2.05. The molecule has 2 rings (SSSR count). The van der Waals surface area contributed by atoms with Gasteiger partial charge in [0.15, 0.2) is 0 Å². The van der Waals surface area contributed by atoms with Gasteiger partial charge in [0.05, 0.1) is 5.56 Å². The lowest BCUT2D eigenvalue weighted by molar-refractivity contribution is -0.121. The SMILES string of the molecule is O=C(CCCc1cccs1)NNC(=O)c1cc(Cl)ccc1O. The van der Waals surface area contributed by atoms with Crippen LogP contribution in [0.1, 0.15) is 28.1 Å². The molecule has 0 aliphatic heterocycles. The van der Waals surface area contributed by atoms with Crippen molar-refractivity contribution in [3.05, 3.63) is 51.2 Å². The van der Waals surface area contributed by atoms with Crippen LogP contribution in [0.15, 0.2) is 35.7 Å². The number of hydrogen-bond acceptors (Lipinski definition) is 4. The Balaban J connectivity index is 1.75. The van der Waals surface area contributed by atoms with Crippen LogP contribution in [0.4, 0.5) is 0 Å². The summed E-state index contributed by atoms with van der Waals surface area (Å²) in [5.74, 6) is -1.10. The summed E-state index contributed by atoms with van der Waals surface area (Å²) in [6.07, 6.45) is 1.83. The van der Waals surface area contributed by atoms with Crippen LogP contribution in [0.3, 0.4) is 0 Å². The molecular weight excluding hydrogens is 324 g/mol. The minimum Gasteiger partial charge on any atom is -0.507 e. The van der Waals surface area contributed by atoms with E-state index in [4.69, 9.17) is 11.6 Å². The van der Waals surface area contributed by atoms with E-state index in [0.717, 1.165) is 6.42 Å². The van der Waals surface area contributed by atoms with Crippen molar-refractivity contribution in [1.82, 2.24) is 10.9 Å². The zero-order valence-electron chi connectivity index (χ0n) is 11.6. The predicted molar refractivity (Wildman–Crippen MR) is 86.0 cm³/mol. The van der Waals surface area contributed by atoms with E-state index in [2.05, 4.69) is 10.9 Å². The maximum Gasteiger partial charge on any atom is 0.273 e. The summed E-state index contributed by atoms with van der Waals surface area (Å²) in [7, 11) is 0. The molecule has 116 valence electrons. The summed E-state index contributed by atoms with van der Waals surface area (Å²) >= 11 is 7.41. The van der Waals surface area contributed by atoms with E-state index in [0.29, 0.717) is 17.9 Å². The first-order chi connectivity index (χ1) is 10.6. The highest BCUT2D eigenvalue weighted by atomic mass is 35.5. The number of amides is 2. The number of rotatable bonds is 5. The lowest BCUT2D eigenvalue weighted by Gasteiger charge is -2.08. The van der Waals surface area contributed by atoms with Gasteiger partial charge in [-0.1, -0.05) is 17.7 Å². The second kappa shape index (κ2) is 7.82. The van der Waals surface area contributed by atoms with Crippen LogP contribution in [0.2, 0.25) is 5.02 Å². The summed E-state index contributed by atoms with van der Waals surface area (Å²) in [5, 5.41) is 11.9. The number of phenols is 1. The Morgan fingerprint density at radius 2 is 2.05 bits per heavy atom. The van der Waals surface area contributed by atoms with Gasteiger partial charge in [0.2, 0.25) is 5.91 Å². The number of carbonyl (C=O) groups excluding carboxylic acids is 2. The van der Waals surface area contributed by atoms with Gasteiger partial charge in [0, 0.05) is 16.3 Å². The molecule has 0 radical (unpaired) electrons. The zero-order valence-corrected chi connectivity index (χ0v) is 13.2. The monoisotopic (exact) mass is 338 g/mol. The minimum absolute atomic E-state index is 0.00591. The molecule has 0 spiro atoms. The number of aromatic hydroxyl groups is 1. The molecule has 5 nitrogen and oxygen atoms in total. The van der Waals surface area contributed by atoms with E-state index in [1.54, 1.807) is 11.3 Å². The number of hydrogen-bond donors (Lipinski definition) is 3. The van der Waals surface area contributed by atoms with Crippen LogP contribution in [-0.4, -0.2) is 16.9 Å². The van der Waals surface area contributed by atoms with Crippen LogP contribution in [-0.2, 0) is 11.2 Å². The molecule has 1 heterocycles. The number of phenolic OH excluding ortho intramolecular Hbond substituents is 1. The van der Waals surface area contributed by atoms with Crippen molar-refractivity contribution in [3.8, 4) is 5.75 Å². The Morgan fingerprint density at radius 1 is 1.23 bits per heavy atom. The second-order valence-electron chi connectivity index (χ2n) is 4.60. The zero-order chi connectivity index (χ0) is 15.9. The molecule has 0 aliphatic carbocycles. The van der Waals surface area contributed by atoms with Gasteiger partial charge in [-0.25, -0.2) is 0 Å². The molecule has 1 aromatic carbocycles. The summed E-state index contributed by atoms with van der Waals surface area (Å²) in [4.78, 5) is 24.7. The first kappa shape index (κ1) is 16.3. The molecule has 3 N–H and O–H groups in total. The van der Waals surface area contributed by atoms with Gasteiger partial charge < -0.3 is 5.11 Å². The predicted octanol–water partition coefficient (Wildman–Crippen LogP) is 2.89. The quantitative estimate of drug-likeness (QED) is 0.733. The fraction of sp³-hybridized carbons (Fsp3) is 0.200. The molecule has 0 saturated carbocycles. The van der Waals surface area contributed by atoms with Crippen molar-refractivity contribution in [2.75, 3.05) is 0 Å². The van der Waals surface area contributed by atoms with Crippen molar-refractivity contribution < 1.29 is 14.7 Å². The molecular formula is C15H15ClN2O3S. The first-order valence-corrected chi connectivity index (χ1v) is 7.92. The highest BCUT2D eigenvalue weighted by molar-refractivity contribution is 7.09. The minimum atomic E-state index is -0.619. The van der Waals surface area contributed by atoms with Gasteiger partial charge in [-0.2, -0.15) is 0 Å². The molecule has 2 amide bonds. The average Bonchev–Trinajstić information content (AvgIpc) is 3.00. The van der Waals surface area contributed by atoms with Crippen LogP contribution >= 0.6 is 22.9 Å². The number of aryl methyl sites for hydroxylation is 1. The van der Waals surface area contributed by atoms with Gasteiger partial charge in [-0.3, -0.25) is 20.4 Å².